The average molecular weight is 612 g/mol. The molecule has 0 bridgehead atoms. The van der Waals surface area contributed by atoms with Crippen LogP contribution in [0, 0.1) is 17.7 Å². The maximum atomic E-state index is 12.1. The number of amides is 1. The van der Waals surface area contributed by atoms with Crippen LogP contribution in [0.1, 0.15) is 81.3 Å². The molecule has 1 saturated carbocycles. The van der Waals surface area contributed by atoms with E-state index in [1.807, 2.05) is 20.9 Å². The number of anilines is 1. The van der Waals surface area contributed by atoms with E-state index in [9.17, 15) is 18.8 Å². The minimum Gasteiger partial charge on any atom is -0.400 e. The van der Waals surface area contributed by atoms with E-state index < -0.39 is 0 Å². The molecule has 44 heavy (non-hydrogen) atoms. The molecule has 0 radical (unpaired) electrons. The highest BCUT2D eigenvalue weighted by molar-refractivity contribution is 5.79. The third-order valence-electron chi connectivity index (χ3n) is 7.97. The number of hydrogen-bond donors (Lipinski definition) is 3. The maximum Gasteiger partial charge on any atom is 0.207 e. The van der Waals surface area contributed by atoms with Crippen molar-refractivity contribution in [3.63, 3.8) is 0 Å². The Balaban J connectivity index is 0.000000327. The molecule has 10 heteroatoms. The van der Waals surface area contributed by atoms with Crippen LogP contribution in [0.4, 0.5) is 10.3 Å². The molecule has 1 aromatic heterocycles. The van der Waals surface area contributed by atoms with Crippen molar-refractivity contribution in [3.05, 3.63) is 59.4 Å². The first-order chi connectivity index (χ1) is 21.3. The lowest BCUT2D eigenvalue weighted by molar-refractivity contribution is -0.112. The number of rotatable bonds is 8. The smallest absolute Gasteiger partial charge is 0.207 e. The number of nitrogens with one attached hydrogen (secondary N) is 2. The number of likely N-dealkylation sites (tertiary alicyclic amines) is 1. The Kier molecular flexibility index (Phi) is 16.3. The molecule has 1 aliphatic heterocycles. The monoisotopic (exact) mass is 611 g/mol. The fourth-order valence-electron chi connectivity index (χ4n) is 5.47. The van der Waals surface area contributed by atoms with Gasteiger partial charge in [0.15, 0.2) is 0 Å². The van der Waals surface area contributed by atoms with Crippen LogP contribution in [0.2, 0.25) is 0 Å². The zero-order chi connectivity index (χ0) is 32.5. The number of benzene rings is 2. The lowest BCUT2D eigenvalue weighted by Gasteiger charge is -2.30. The van der Waals surface area contributed by atoms with Gasteiger partial charge in [0.05, 0.1) is 11.0 Å². The van der Waals surface area contributed by atoms with Crippen molar-refractivity contribution in [2.75, 3.05) is 32.6 Å². The molecule has 3 N–H and O–H groups in total. The summed E-state index contributed by atoms with van der Waals surface area (Å²) in [5.41, 5.74) is 4.19. The van der Waals surface area contributed by atoms with Gasteiger partial charge in [0, 0.05) is 44.3 Å². The summed E-state index contributed by atoms with van der Waals surface area (Å²) in [5.74, 6) is 1.78. The third-order valence-corrected chi connectivity index (χ3v) is 7.97. The van der Waals surface area contributed by atoms with Gasteiger partial charge < -0.3 is 25.1 Å². The predicted octanol–water partition coefficient (Wildman–Crippen LogP) is 5.63. The fourth-order valence-corrected chi connectivity index (χ4v) is 5.47. The van der Waals surface area contributed by atoms with Gasteiger partial charge in [0.1, 0.15) is 18.4 Å². The molecule has 2 heterocycles. The van der Waals surface area contributed by atoms with E-state index in [0.717, 1.165) is 63.3 Å². The van der Waals surface area contributed by atoms with Gasteiger partial charge in [-0.25, -0.2) is 9.37 Å². The first kappa shape index (κ1) is 36.6. The highest BCUT2D eigenvalue weighted by Gasteiger charge is 2.24. The van der Waals surface area contributed by atoms with Gasteiger partial charge in [-0.05, 0) is 113 Å². The minimum absolute atomic E-state index is 0.261. The quantitative estimate of drug-likeness (QED) is 0.283. The summed E-state index contributed by atoms with van der Waals surface area (Å²) < 4.78 is 14.6. The fraction of sp³-hybridized carbons (Fsp3) is 0.529. The lowest BCUT2D eigenvalue weighted by Crippen LogP contribution is -2.33. The second-order valence-electron chi connectivity index (χ2n) is 11.7. The zero-order valence-electron chi connectivity index (χ0n) is 26.8. The van der Waals surface area contributed by atoms with Crippen LogP contribution in [0.25, 0.3) is 11.0 Å². The number of aromatic nitrogens is 2. The standard InChI is InChI=1S/C22H32N4O.C7H5FO.C4H9NO.CH4O/c1-16-3-6-19(7-4-16)26-21-13-18(5-8-20(21)24-22(26)23-2)14-25-11-9-17(15-27)10-12-25;8-7-3-1-6(5-9)2-4-7;1-4(2)5-3-6;1-2/h5,8,13,15-17,19H,3-4,6-7,9-12,14H2,1-2H3,(H,23,24);1-5H;3-4H,1-2H3,(H,5,6);2H,1H3. The number of nitrogens with zero attached hydrogens (tertiary/aromatic N) is 3. The first-order valence-electron chi connectivity index (χ1n) is 15.5. The van der Waals surface area contributed by atoms with Gasteiger partial charge in [0.2, 0.25) is 12.4 Å². The number of carbonyl (C=O) groups excluding carboxylic acids is 3. The van der Waals surface area contributed by atoms with E-state index in [1.54, 1.807) is 0 Å². The molecule has 5 rings (SSSR count). The van der Waals surface area contributed by atoms with Crippen LogP contribution in [0.5, 0.6) is 0 Å². The predicted molar refractivity (Wildman–Crippen MR) is 174 cm³/mol. The molecule has 1 aliphatic carbocycles. The number of halogens is 1. The van der Waals surface area contributed by atoms with E-state index in [4.69, 9.17) is 10.1 Å². The molecule has 1 saturated heterocycles. The average Bonchev–Trinajstić information content (AvgIpc) is 3.42. The van der Waals surface area contributed by atoms with Gasteiger partial charge in [-0.3, -0.25) is 14.5 Å². The van der Waals surface area contributed by atoms with Crippen LogP contribution >= 0.6 is 0 Å². The van der Waals surface area contributed by atoms with E-state index in [-0.39, 0.29) is 17.8 Å². The molecule has 1 amide bonds. The molecule has 0 spiro atoms. The second-order valence-corrected chi connectivity index (χ2v) is 11.7. The van der Waals surface area contributed by atoms with Crippen molar-refractivity contribution >= 4 is 36.0 Å². The Hall–Kier alpha value is -3.63. The van der Waals surface area contributed by atoms with Gasteiger partial charge in [-0.1, -0.05) is 13.0 Å². The second kappa shape index (κ2) is 19.6. The van der Waals surface area contributed by atoms with Crippen molar-refractivity contribution in [1.82, 2.24) is 19.8 Å². The van der Waals surface area contributed by atoms with Gasteiger partial charge in [-0.2, -0.15) is 0 Å². The number of aldehydes is 2. The molecular formula is C34H50FN5O4. The summed E-state index contributed by atoms with van der Waals surface area (Å²) in [4.78, 5) is 37.8. The van der Waals surface area contributed by atoms with Crippen molar-refractivity contribution in [3.8, 4) is 0 Å². The van der Waals surface area contributed by atoms with Crippen LogP contribution in [-0.2, 0) is 16.1 Å². The Labute approximate surface area is 261 Å². The van der Waals surface area contributed by atoms with Crippen LogP contribution in [-0.4, -0.2) is 71.8 Å². The normalized spacial score (nSPS) is 18.5. The SMILES string of the molecule is CC(C)NC=O.CNc1nc2ccc(CN3CCC(C=O)CC3)cc2n1C1CCC(C)CC1.CO.O=Cc1ccc(F)cc1. The minimum atomic E-state index is -0.319. The van der Waals surface area contributed by atoms with Crippen molar-refractivity contribution in [2.24, 2.45) is 11.8 Å². The number of carbonyl (C=O) groups is 3. The topological polar surface area (TPSA) is 117 Å². The molecule has 242 valence electrons. The van der Waals surface area contributed by atoms with Crippen LogP contribution in [0.3, 0.4) is 0 Å². The molecule has 0 atom stereocenters. The van der Waals surface area contributed by atoms with E-state index >= 15 is 0 Å². The molecular weight excluding hydrogens is 561 g/mol. The Bertz CT molecular complexity index is 1260. The van der Waals surface area contributed by atoms with Gasteiger partial charge in [-0.15, -0.1) is 0 Å². The summed E-state index contributed by atoms with van der Waals surface area (Å²) in [6.07, 6.45) is 9.59. The number of piperidine rings is 1. The Morgan fingerprint density at radius 1 is 0.977 bits per heavy atom. The van der Waals surface area contributed by atoms with Crippen LogP contribution in [0.15, 0.2) is 42.5 Å². The molecule has 3 aromatic rings. The number of imidazole rings is 1. The molecule has 2 aromatic carbocycles. The number of fused-ring (bicyclic) bond motifs is 1. The molecule has 2 aliphatic rings. The summed E-state index contributed by atoms with van der Waals surface area (Å²) >= 11 is 0. The molecule has 2 fully saturated rings. The lowest BCUT2D eigenvalue weighted by atomic mass is 9.87. The largest absolute Gasteiger partial charge is 0.400 e. The molecule has 0 unspecified atom stereocenters. The van der Waals surface area contributed by atoms with E-state index in [1.165, 1.54) is 61.0 Å². The summed E-state index contributed by atoms with van der Waals surface area (Å²) in [6, 6.07) is 12.9. The first-order valence-corrected chi connectivity index (χ1v) is 15.5. The summed E-state index contributed by atoms with van der Waals surface area (Å²) in [5, 5.41) is 12.8. The summed E-state index contributed by atoms with van der Waals surface area (Å²) in [7, 11) is 2.97. The van der Waals surface area contributed by atoms with Crippen molar-refractivity contribution in [2.45, 2.75) is 77.9 Å². The number of aliphatic hydroxyl groups is 1. The van der Waals surface area contributed by atoms with Crippen LogP contribution < -0.4 is 10.6 Å². The maximum absolute atomic E-state index is 12.1. The Morgan fingerprint density at radius 2 is 1.61 bits per heavy atom. The highest BCUT2D eigenvalue weighted by atomic mass is 19.1. The van der Waals surface area contributed by atoms with Gasteiger partial charge in [0.25, 0.3) is 0 Å². The molecule has 9 nitrogen and oxygen atoms in total. The number of aliphatic hydroxyl groups excluding tert-OH is 1. The third kappa shape index (κ3) is 11.5. The highest BCUT2D eigenvalue weighted by Crippen LogP contribution is 2.36. The van der Waals surface area contributed by atoms with Crippen molar-refractivity contribution < 1.29 is 23.9 Å². The number of hydrogen-bond acceptors (Lipinski definition) is 7. The van der Waals surface area contributed by atoms with E-state index in [0.29, 0.717) is 24.3 Å². The van der Waals surface area contributed by atoms with Gasteiger partial charge >= 0.3 is 0 Å². The van der Waals surface area contributed by atoms with Crippen molar-refractivity contribution in [1.29, 1.82) is 0 Å². The summed E-state index contributed by atoms with van der Waals surface area (Å²) in [6.45, 7) is 9.19. The van der Waals surface area contributed by atoms with E-state index in [2.05, 4.69) is 45.2 Å². The zero-order valence-corrected chi connectivity index (χ0v) is 26.8. The Morgan fingerprint density at radius 3 is 2.11 bits per heavy atom.